The van der Waals surface area contributed by atoms with Crippen molar-refractivity contribution in [3.63, 3.8) is 0 Å². The average molecular weight is 457 g/mol. The van der Waals surface area contributed by atoms with E-state index in [4.69, 9.17) is 4.74 Å². The van der Waals surface area contributed by atoms with Crippen molar-refractivity contribution in [2.75, 3.05) is 39.3 Å². The lowest BCUT2D eigenvalue weighted by atomic mass is 10.3. The highest BCUT2D eigenvalue weighted by atomic mass is 32.2. The normalized spacial score (nSPS) is 15.5. The van der Waals surface area contributed by atoms with Gasteiger partial charge in [-0.25, -0.2) is 9.37 Å². The van der Waals surface area contributed by atoms with Crippen molar-refractivity contribution in [3.8, 4) is 5.75 Å². The Balaban J connectivity index is 1.55. The number of nitrogens with zero attached hydrogens (tertiary/aromatic N) is 4. The molecule has 0 spiro atoms. The highest BCUT2D eigenvalue weighted by Gasteiger charge is 2.32. The Hall–Kier alpha value is -2.08. The molecular formula is C19H25FN4O4S2. The summed E-state index contributed by atoms with van der Waals surface area (Å²) in [6.07, 6.45) is 0. The molecule has 3 rings (SSSR count). The zero-order valence-corrected chi connectivity index (χ0v) is 18.6. The summed E-state index contributed by atoms with van der Waals surface area (Å²) in [6, 6.07) is 5.68. The average Bonchev–Trinajstić information content (AvgIpc) is 3.22. The first-order chi connectivity index (χ1) is 14.3. The van der Waals surface area contributed by atoms with E-state index in [-0.39, 0.29) is 31.4 Å². The molecule has 8 nitrogen and oxygen atoms in total. The van der Waals surface area contributed by atoms with Crippen LogP contribution in [0, 0.1) is 5.82 Å². The van der Waals surface area contributed by atoms with E-state index in [1.165, 1.54) is 44.2 Å². The fraction of sp³-hybridized carbons (Fsp3) is 0.474. The van der Waals surface area contributed by atoms with Gasteiger partial charge in [-0.15, -0.1) is 11.3 Å². The lowest BCUT2D eigenvalue weighted by Gasteiger charge is -2.36. The lowest BCUT2D eigenvalue weighted by Crippen LogP contribution is -2.54. The van der Waals surface area contributed by atoms with Crippen LogP contribution in [-0.2, 0) is 16.8 Å². The van der Waals surface area contributed by atoms with Gasteiger partial charge in [0.1, 0.15) is 28.9 Å². The first kappa shape index (κ1) is 22.6. The largest absolute Gasteiger partial charge is 0.486 e. The monoisotopic (exact) mass is 456 g/mol. The Morgan fingerprint density at radius 1 is 1.17 bits per heavy atom. The predicted molar refractivity (Wildman–Crippen MR) is 112 cm³/mol. The van der Waals surface area contributed by atoms with Gasteiger partial charge in [-0.1, -0.05) is 13.8 Å². The number of rotatable bonds is 8. The summed E-state index contributed by atoms with van der Waals surface area (Å²) < 4.78 is 46.6. The van der Waals surface area contributed by atoms with E-state index < -0.39 is 10.2 Å². The molecular weight excluding hydrogens is 431 g/mol. The summed E-state index contributed by atoms with van der Waals surface area (Å²) in [5, 5.41) is 2.30. The van der Waals surface area contributed by atoms with Crippen LogP contribution < -0.4 is 4.74 Å². The van der Waals surface area contributed by atoms with Crippen LogP contribution in [0.4, 0.5) is 4.39 Å². The van der Waals surface area contributed by atoms with Crippen molar-refractivity contribution in [2.24, 2.45) is 0 Å². The van der Waals surface area contributed by atoms with Crippen LogP contribution >= 0.6 is 11.3 Å². The molecule has 0 unspecified atom stereocenters. The maximum absolute atomic E-state index is 12.9. The predicted octanol–water partition coefficient (Wildman–Crippen LogP) is 2.21. The second-order valence-electron chi connectivity index (χ2n) is 6.65. The summed E-state index contributed by atoms with van der Waals surface area (Å²) in [6.45, 7) is 5.78. The quantitative estimate of drug-likeness (QED) is 0.608. The van der Waals surface area contributed by atoms with Crippen molar-refractivity contribution >= 4 is 27.5 Å². The molecule has 11 heteroatoms. The zero-order valence-electron chi connectivity index (χ0n) is 17.0. The first-order valence-corrected chi connectivity index (χ1v) is 12.0. The standard InChI is InChI=1S/C19H25FN4O4S2/c1-3-23(4-2)30(26,27)24-11-9-22(10-12-24)19(25)17-14-29-18(21-17)13-28-16-7-5-15(20)6-8-16/h5-8,14H,3-4,9-13H2,1-2H3. The van der Waals surface area contributed by atoms with E-state index in [9.17, 15) is 17.6 Å². The van der Waals surface area contributed by atoms with Crippen molar-refractivity contribution in [2.45, 2.75) is 20.5 Å². The minimum Gasteiger partial charge on any atom is -0.486 e. The van der Waals surface area contributed by atoms with Crippen molar-refractivity contribution in [3.05, 3.63) is 46.2 Å². The molecule has 0 radical (unpaired) electrons. The van der Waals surface area contributed by atoms with Crippen molar-refractivity contribution in [1.82, 2.24) is 18.5 Å². The summed E-state index contributed by atoms with van der Waals surface area (Å²) in [5.41, 5.74) is 0.317. The van der Waals surface area contributed by atoms with Crippen molar-refractivity contribution < 1.29 is 22.3 Å². The molecule has 0 N–H and O–H groups in total. The molecule has 1 fully saturated rings. The highest BCUT2D eigenvalue weighted by Crippen LogP contribution is 2.18. The minimum absolute atomic E-state index is 0.180. The third kappa shape index (κ3) is 5.15. The van der Waals surface area contributed by atoms with Crippen LogP contribution in [0.5, 0.6) is 5.75 Å². The van der Waals surface area contributed by atoms with Crippen LogP contribution in [-0.4, -0.2) is 72.1 Å². The van der Waals surface area contributed by atoms with Crippen LogP contribution in [0.2, 0.25) is 0 Å². The van der Waals surface area contributed by atoms with Crippen molar-refractivity contribution in [1.29, 1.82) is 0 Å². The van der Waals surface area contributed by atoms with Gasteiger partial charge in [0.2, 0.25) is 0 Å². The third-order valence-corrected chi connectivity index (χ3v) is 7.84. The Labute approximate surface area is 180 Å². The Bertz CT molecular complexity index is 953. The smallest absolute Gasteiger partial charge is 0.282 e. The van der Waals surface area contributed by atoms with E-state index >= 15 is 0 Å². The number of carbonyl (C=O) groups excluding carboxylic acids is 1. The molecule has 0 bridgehead atoms. The molecule has 2 heterocycles. The van der Waals surface area contributed by atoms with E-state index in [0.717, 1.165) is 0 Å². The van der Waals surface area contributed by atoms with E-state index in [1.807, 2.05) is 0 Å². The molecule has 1 aromatic heterocycles. The molecule has 0 aliphatic carbocycles. The van der Waals surface area contributed by atoms with Gasteiger partial charge in [0, 0.05) is 44.6 Å². The van der Waals surface area contributed by atoms with Gasteiger partial charge in [0.25, 0.3) is 16.1 Å². The molecule has 1 aliphatic heterocycles. The number of piperazine rings is 1. The number of carbonyl (C=O) groups is 1. The number of amides is 1. The van der Waals surface area contributed by atoms with Gasteiger partial charge in [-0.3, -0.25) is 4.79 Å². The molecule has 164 valence electrons. The number of benzene rings is 1. The molecule has 1 saturated heterocycles. The highest BCUT2D eigenvalue weighted by molar-refractivity contribution is 7.86. The SMILES string of the molecule is CCN(CC)S(=O)(=O)N1CCN(C(=O)c2csc(COc3ccc(F)cc3)n2)CC1. The molecule has 1 amide bonds. The molecule has 1 aromatic carbocycles. The number of ether oxygens (including phenoxy) is 1. The molecule has 2 aromatic rings. The van der Waals surface area contributed by atoms with Crippen LogP contribution in [0.15, 0.2) is 29.6 Å². The maximum atomic E-state index is 12.9. The van der Waals surface area contributed by atoms with Gasteiger partial charge in [0.05, 0.1) is 0 Å². The number of hydrogen-bond acceptors (Lipinski definition) is 6. The third-order valence-electron chi connectivity index (χ3n) is 4.83. The van der Waals surface area contributed by atoms with Crippen LogP contribution in [0.1, 0.15) is 29.3 Å². The summed E-state index contributed by atoms with van der Waals surface area (Å²) in [4.78, 5) is 18.7. The molecule has 30 heavy (non-hydrogen) atoms. The Morgan fingerprint density at radius 3 is 2.40 bits per heavy atom. The number of halogens is 1. The van der Waals surface area contributed by atoms with Gasteiger partial charge in [0.15, 0.2) is 0 Å². The summed E-state index contributed by atoms with van der Waals surface area (Å²) in [7, 11) is -3.50. The molecule has 1 aliphatic rings. The second kappa shape index (κ2) is 9.82. The lowest BCUT2D eigenvalue weighted by molar-refractivity contribution is 0.0688. The first-order valence-electron chi connectivity index (χ1n) is 9.72. The Kier molecular flexibility index (Phi) is 7.40. The second-order valence-corrected chi connectivity index (χ2v) is 9.52. The van der Waals surface area contributed by atoms with Crippen LogP contribution in [0.3, 0.4) is 0 Å². The summed E-state index contributed by atoms with van der Waals surface area (Å²) >= 11 is 1.31. The Morgan fingerprint density at radius 2 is 1.80 bits per heavy atom. The maximum Gasteiger partial charge on any atom is 0.282 e. The van der Waals surface area contributed by atoms with Crippen LogP contribution in [0.25, 0.3) is 0 Å². The minimum atomic E-state index is -3.50. The summed E-state index contributed by atoms with van der Waals surface area (Å²) in [5.74, 6) is -0.0429. The molecule has 0 saturated carbocycles. The number of aromatic nitrogens is 1. The number of hydrogen-bond donors (Lipinski definition) is 0. The fourth-order valence-corrected chi connectivity index (χ4v) is 5.43. The van der Waals surface area contributed by atoms with Gasteiger partial charge in [-0.2, -0.15) is 17.0 Å². The van der Waals surface area contributed by atoms with Gasteiger partial charge in [-0.05, 0) is 24.3 Å². The topological polar surface area (TPSA) is 83.1 Å². The van der Waals surface area contributed by atoms with E-state index in [2.05, 4.69) is 4.98 Å². The van der Waals surface area contributed by atoms with Gasteiger partial charge < -0.3 is 9.64 Å². The van der Waals surface area contributed by atoms with Gasteiger partial charge >= 0.3 is 0 Å². The van der Waals surface area contributed by atoms with E-state index in [1.54, 1.807) is 24.1 Å². The zero-order chi connectivity index (χ0) is 21.7. The number of thiazole rings is 1. The van der Waals surface area contributed by atoms with E-state index in [0.29, 0.717) is 42.6 Å². The molecule has 0 atom stereocenters. The fourth-order valence-electron chi connectivity index (χ4n) is 3.15.